The van der Waals surface area contributed by atoms with E-state index in [-0.39, 0.29) is 0 Å². The Hall–Kier alpha value is -1.30. The van der Waals surface area contributed by atoms with Crippen molar-refractivity contribution in [2.75, 3.05) is 34.0 Å². The SMILES string of the molecule is COc1ccc(CN(CC(O)COCC(C)C)C(C)C)cc1OC. The molecule has 1 aromatic carbocycles. The number of benzene rings is 1. The summed E-state index contributed by atoms with van der Waals surface area (Å²) in [6, 6.07) is 6.24. The van der Waals surface area contributed by atoms with Crippen LogP contribution in [0.3, 0.4) is 0 Å². The van der Waals surface area contributed by atoms with Crippen LogP contribution in [0.4, 0.5) is 0 Å². The maximum absolute atomic E-state index is 10.2. The van der Waals surface area contributed by atoms with E-state index in [0.717, 1.165) is 23.6 Å². The lowest BCUT2D eigenvalue weighted by Crippen LogP contribution is -2.39. The molecule has 0 aliphatic rings. The molecule has 138 valence electrons. The van der Waals surface area contributed by atoms with Crippen molar-refractivity contribution in [2.24, 2.45) is 5.92 Å². The standard InChI is InChI=1S/C19H33NO4/c1-14(2)12-24-13-17(21)11-20(15(3)4)10-16-7-8-18(22-5)19(9-16)23-6/h7-9,14-15,17,21H,10-13H2,1-6H3. The van der Waals surface area contributed by atoms with Crippen LogP contribution in [0.1, 0.15) is 33.3 Å². The van der Waals surface area contributed by atoms with Crippen molar-refractivity contribution in [1.29, 1.82) is 0 Å². The zero-order chi connectivity index (χ0) is 18.1. The van der Waals surface area contributed by atoms with Crippen LogP contribution in [0, 0.1) is 5.92 Å². The van der Waals surface area contributed by atoms with Crippen LogP contribution < -0.4 is 9.47 Å². The highest BCUT2D eigenvalue weighted by molar-refractivity contribution is 5.42. The van der Waals surface area contributed by atoms with Crippen LogP contribution in [0.15, 0.2) is 18.2 Å². The van der Waals surface area contributed by atoms with Gasteiger partial charge in [0, 0.05) is 25.7 Å². The van der Waals surface area contributed by atoms with E-state index < -0.39 is 6.10 Å². The fourth-order valence-corrected chi connectivity index (χ4v) is 2.43. The molecule has 0 saturated carbocycles. The van der Waals surface area contributed by atoms with E-state index in [9.17, 15) is 5.11 Å². The number of aliphatic hydroxyl groups is 1. The Morgan fingerprint density at radius 3 is 2.21 bits per heavy atom. The second kappa shape index (κ2) is 10.5. The van der Waals surface area contributed by atoms with Gasteiger partial charge < -0.3 is 19.3 Å². The van der Waals surface area contributed by atoms with Gasteiger partial charge in [-0.1, -0.05) is 19.9 Å². The lowest BCUT2D eigenvalue weighted by molar-refractivity contribution is 0.00173. The van der Waals surface area contributed by atoms with E-state index in [1.165, 1.54) is 0 Å². The third-order valence-electron chi connectivity index (χ3n) is 3.77. The molecule has 0 radical (unpaired) electrons. The van der Waals surface area contributed by atoms with Crippen molar-refractivity contribution in [1.82, 2.24) is 4.90 Å². The summed E-state index contributed by atoms with van der Waals surface area (Å²) in [5, 5.41) is 10.2. The summed E-state index contributed by atoms with van der Waals surface area (Å²) in [5.74, 6) is 1.92. The molecule has 0 aliphatic heterocycles. The van der Waals surface area contributed by atoms with Crippen LogP contribution in [0.5, 0.6) is 11.5 Å². The summed E-state index contributed by atoms with van der Waals surface area (Å²) in [6.45, 7) is 10.8. The fourth-order valence-electron chi connectivity index (χ4n) is 2.43. The molecule has 0 aromatic heterocycles. The third-order valence-corrected chi connectivity index (χ3v) is 3.77. The molecule has 1 atom stereocenters. The topological polar surface area (TPSA) is 51.2 Å². The Bertz CT molecular complexity index is 476. The van der Waals surface area contributed by atoms with Gasteiger partial charge in [0.2, 0.25) is 0 Å². The van der Waals surface area contributed by atoms with Gasteiger partial charge in [0.1, 0.15) is 0 Å². The van der Waals surface area contributed by atoms with Crippen LogP contribution in [0.2, 0.25) is 0 Å². The summed E-state index contributed by atoms with van der Waals surface area (Å²) in [7, 11) is 3.27. The molecule has 0 fully saturated rings. The second-order valence-corrected chi connectivity index (χ2v) is 6.80. The van der Waals surface area contributed by atoms with Gasteiger partial charge in [0.15, 0.2) is 11.5 Å². The average Bonchev–Trinajstić information content (AvgIpc) is 2.53. The monoisotopic (exact) mass is 339 g/mol. The van der Waals surface area contributed by atoms with E-state index in [0.29, 0.717) is 31.7 Å². The Labute approximate surface area is 146 Å². The number of ether oxygens (including phenoxy) is 3. The van der Waals surface area contributed by atoms with Gasteiger partial charge in [0.25, 0.3) is 0 Å². The van der Waals surface area contributed by atoms with E-state index in [2.05, 4.69) is 32.6 Å². The maximum atomic E-state index is 10.2. The maximum Gasteiger partial charge on any atom is 0.161 e. The summed E-state index contributed by atoms with van der Waals surface area (Å²) >= 11 is 0. The summed E-state index contributed by atoms with van der Waals surface area (Å²) in [6.07, 6.45) is -0.494. The Balaban J connectivity index is 2.65. The van der Waals surface area contributed by atoms with Crippen molar-refractivity contribution >= 4 is 0 Å². The van der Waals surface area contributed by atoms with Gasteiger partial charge in [-0.05, 0) is 37.5 Å². The van der Waals surface area contributed by atoms with Crippen molar-refractivity contribution in [2.45, 2.75) is 46.4 Å². The molecular formula is C19H33NO4. The highest BCUT2D eigenvalue weighted by atomic mass is 16.5. The van der Waals surface area contributed by atoms with Gasteiger partial charge in [-0.3, -0.25) is 4.90 Å². The smallest absolute Gasteiger partial charge is 0.161 e. The third kappa shape index (κ3) is 7.07. The molecule has 0 aliphatic carbocycles. The van der Waals surface area contributed by atoms with Crippen LogP contribution >= 0.6 is 0 Å². The summed E-state index contributed by atoms with van der Waals surface area (Å²) in [4.78, 5) is 2.23. The zero-order valence-electron chi connectivity index (χ0n) is 15.9. The van der Waals surface area contributed by atoms with Gasteiger partial charge in [-0.15, -0.1) is 0 Å². The molecule has 24 heavy (non-hydrogen) atoms. The highest BCUT2D eigenvalue weighted by Gasteiger charge is 2.16. The minimum absolute atomic E-state index is 0.317. The number of methoxy groups -OCH3 is 2. The first-order chi connectivity index (χ1) is 11.4. The molecule has 0 heterocycles. The lowest BCUT2D eigenvalue weighted by Gasteiger charge is -2.29. The minimum Gasteiger partial charge on any atom is -0.493 e. The Morgan fingerprint density at radius 1 is 1.00 bits per heavy atom. The Morgan fingerprint density at radius 2 is 1.67 bits per heavy atom. The van der Waals surface area contributed by atoms with Crippen LogP contribution in [-0.4, -0.2) is 56.1 Å². The fraction of sp³-hybridized carbons (Fsp3) is 0.684. The van der Waals surface area contributed by atoms with Crippen LogP contribution in [-0.2, 0) is 11.3 Å². The number of nitrogens with zero attached hydrogens (tertiary/aromatic N) is 1. The van der Waals surface area contributed by atoms with Gasteiger partial charge >= 0.3 is 0 Å². The molecule has 5 nitrogen and oxygen atoms in total. The van der Waals surface area contributed by atoms with E-state index in [1.54, 1.807) is 14.2 Å². The van der Waals surface area contributed by atoms with E-state index in [4.69, 9.17) is 14.2 Å². The van der Waals surface area contributed by atoms with Crippen molar-refractivity contribution in [3.63, 3.8) is 0 Å². The van der Waals surface area contributed by atoms with Crippen molar-refractivity contribution < 1.29 is 19.3 Å². The molecule has 5 heteroatoms. The van der Waals surface area contributed by atoms with Crippen molar-refractivity contribution in [3.8, 4) is 11.5 Å². The molecular weight excluding hydrogens is 306 g/mol. The number of aliphatic hydroxyl groups excluding tert-OH is 1. The zero-order valence-corrected chi connectivity index (χ0v) is 15.9. The largest absolute Gasteiger partial charge is 0.493 e. The molecule has 1 aromatic rings. The first-order valence-corrected chi connectivity index (χ1v) is 8.58. The van der Waals surface area contributed by atoms with Gasteiger partial charge in [0.05, 0.1) is 26.9 Å². The van der Waals surface area contributed by atoms with E-state index >= 15 is 0 Å². The molecule has 0 bridgehead atoms. The molecule has 1 N–H and O–H groups in total. The average molecular weight is 339 g/mol. The summed E-state index contributed by atoms with van der Waals surface area (Å²) < 4.78 is 16.2. The second-order valence-electron chi connectivity index (χ2n) is 6.80. The van der Waals surface area contributed by atoms with Crippen LogP contribution in [0.25, 0.3) is 0 Å². The highest BCUT2D eigenvalue weighted by Crippen LogP contribution is 2.28. The molecule has 1 unspecified atom stereocenters. The first-order valence-electron chi connectivity index (χ1n) is 8.58. The number of hydrogen-bond donors (Lipinski definition) is 1. The summed E-state index contributed by atoms with van der Waals surface area (Å²) in [5.41, 5.74) is 1.12. The number of rotatable bonds is 11. The van der Waals surface area contributed by atoms with Gasteiger partial charge in [-0.25, -0.2) is 0 Å². The predicted molar refractivity (Wildman–Crippen MR) is 96.8 cm³/mol. The quantitative estimate of drug-likeness (QED) is 0.672. The molecule has 1 rings (SSSR count). The number of hydrogen-bond acceptors (Lipinski definition) is 5. The minimum atomic E-state index is -0.494. The van der Waals surface area contributed by atoms with Crippen molar-refractivity contribution in [3.05, 3.63) is 23.8 Å². The molecule has 0 amide bonds. The normalized spacial score (nSPS) is 12.9. The molecule has 0 saturated heterocycles. The van der Waals surface area contributed by atoms with Gasteiger partial charge in [-0.2, -0.15) is 0 Å². The molecule has 0 spiro atoms. The lowest BCUT2D eigenvalue weighted by atomic mass is 10.1. The predicted octanol–water partition coefficient (Wildman–Crippen LogP) is 2.95. The van der Waals surface area contributed by atoms with E-state index in [1.807, 2.05) is 18.2 Å². The first kappa shape index (κ1) is 20.7. The Kier molecular flexibility index (Phi) is 9.11.